The van der Waals surface area contributed by atoms with E-state index in [1.165, 1.54) is 6.20 Å². The minimum Gasteiger partial charge on any atom is -0.396 e. The lowest BCUT2D eigenvalue weighted by Gasteiger charge is -2.44. The molecule has 3 N–H and O–H groups in total. The van der Waals surface area contributed by atoms with Gasteiger partial charge in [0.05, 0.1) is 23.1 Å². The van der Waals surface area contributed by atoms with Crippen molar-refractivity contribution >= 4 is 38.4 Å². The molecule has 1 aliphatic carbocycles. The number of H-pyrrole nitrogens is 1. The van der Waals surface area contributed by atoms with E-state index in [0.717, 1.165) is 57.2 Å². The number of aliphatic hydroxyl groups excluding tert-OH is 1. The number of aliphatic hydroxyl groups is 1. The van der Waals surface area contributed by atoms with Crippen molar-refractivity contribution in [1.29, 1.82) is 0 Å². The third kappa shape index (κ3) is 5.44. The molecule has 208 valence electrons. The number of nitrogens with one attached hydrogen (secondary N) is 2. The quantitative estimate of drug-likeness (QED) is 0.282. The number of fused-ring (bicyclic) bond motifs is 1. The Morgan fingerprint density at radius 1 is 1.11 bits per heavy atom. The molecule has 1 atom stereocenters. The Morgan fingerprint density at radius 2 is 1.87 bits per heavy atom. The zero-order valence-corrected chi connectivity index (χ0v) is 21.4. The van der Waals surface area contributed by atoms with Crippen molar-refractivity contribution < 1.29 is 29.3 Å². The Hall–Kier alpha value is -2.93. The Balaban J connectivity index is 1.52. The van der Waals surface area contributed by atoms with Gasteiger partial charge in [-0.15, -0.1) is 0 Å². The standard InChI is InChI=1S/C25H30F5N5O2S/c26-38(27,28,29,30)23-5-3-10-31-24(23)25(37)33-20-12-18-14-32-34-19(18)13-22(20)35-11-2-1-4-21(35)17-8-6-16(15-36)7-9-17/h3,5,10,12-14,16-17,21,36H,1-2,4,6-9,11,15H2,(H,32,34)(H,33,37). The third-order valence-corrected chi connectivity index (χ3v) is 8.92. The maximum Gasteiger partial charge on any atom is 0.312 e. The van der Waals surface area contributed by atoms with Crippen molar-refractivity contribution in [2.24, 2.45) is 11.8 Å². The van der Waals surface area contributed by atoms with Crippen LogP contribution in [0, 0.1) is 11.8 Å². The summed E-state index contributed by atoms with van der Waals surface area (Å²) in [5.41, 5.74) is 0.104. The Bertz CT molecular complexity index is 1340. The van der Waals surface area contributed by atoms with E-state index in [-0.39, 0.29) is 24.4 Å². The van der Waals surface area contributed by atoms with Crippen molar-refractivity contribution in [2.45, 2.75) is 55.9 Å². The van der Waals surface area contributed by atoms with Crippen LogP contribution in [-0.4, -0.2) is 45.4 Å². The van der Waals surface area contributed by atoms with Gasteiger partial charge >= 0.3 is 10.2 Å². The van der Waals surface area contributed by atoms with Crippen LogP contribution in [0.25, 0.3) is 10.9 Å². The number of hydrogen-bond donors (Lipinski definition) is 3. The smallest absolute Gasteiger partial charge is 0.312 e. The first-order valence-corrected chi connectivity index (χ1v) is 14.6. The summed E-state index contributed by atoms with van der Waals surface area (Å²) < 4.78 is 68.5. The Labute approximate surface area is 216 Å². The van der Waals surface area contributed by atoms with Crippen LogP contribution in [0.5, 0.6) is 0 Å². The highest BCUT2D eigenvalue weighted by Gasteiger charge is 2.67. The lowest BCUT2D eigenvalue weighted by Crippen LogP contribution is -2.46. The van der Waals surface area contributed by atoms with Crippen molar-refractivity contribution in [3.05, 3.63) is 42.4 Å². The van der Waals surface area contributed by atoms with Crippen LogP contribution < -0.4 is 10.2 Å². The number of rotatable bonds is 6. The molecule has 38 heavy (non-hydrogen) atoms. The van der Waals surface area contributed by atoms with Gasteiger partial charge in [0.2, 0.25) is 0 Å². The Kier molecular flexibility index (Phi) is 6.37. The van der Waals surface area contributed by atoms with E-state index in [1.807, 2.05) is 0 Å². The second-order valence-corrected chi connectivity index (χ2v) is 12.7. The first-order valence-electron chi connectivity index (χ1n) is 12.7. The van der Waals surface area contributed by atoms with E-state index in [1.54, 1.807) is 12.1 Å². The molecule has 13 heteroatoms. The Morgan fingerprint density at radius 3 is 2.58 bits per heavy atom. The minimum atomic E-state index is -10.2. The van der Waals surface area contributed by atoms with Crippen LogP contribution in [0.3, 0.4) is 0 Å². The number of carbonyl (C=O) groups excluding carboxylic acids is 1. The molecule has 1 aliphatic heterocycles. The lowest BCUT2D eigenvalue weighted by molar-refractivity contribution is 0.101. The minimum absolute atomic E-state index is 0.134. The number of aromatic nitrogens is 3. The summed E-state index contributed by atoms with van der Waals surface area (Å²) in [7, 11) is -10.2. The number of halogens is 5. The molecular formula is C25H30F5N5O2S. The van der Waals surface area contributed by atoms with Gasteiger partial charge in [-0.1, -0.05) is 19.4 Å². The highest BCUT2D eigenvalue weighted by atomic mass is 32.5. The molecule has 1 saturated carbocycles. The fourth-order valence-corrected chi connectivity index (χ4v) is 6.72. The first kappa shape index (κ1) is 26.7. The third-order valence-electron chi connectivity index (χ3n) is 7.76. The zero-order chi connectivity index (χ0) is 27.2. The fourth-order valence-electron chi connectivity index (χ4n) is 5.87. The largest absolute Gasteiger partial charge is 0.396 e. The molecule has 1 amide bonds. The zero-order valence-electron chi connectivity index (χ0n) is 20.6. The molecular weight excluding hydrogens is 529 g/mol. The van der Waals surface area contributed by atoms with Crippen molar-refractivity contribution in [3.8, 4) is 0 Å². The van der Waals surface area contributed by atoms with Gasteiger partial charge in [-0.2, -0.15) is 5.10 Å². The van der Waals surface area contributed by atoms with Gasteiger partial charge in [-0.3, -0.25) is 9.89 Å². The molecule has 0 spiro atoms. The van der Waals surface area contributed by atoms with Crippen LogP contribution in [-0.2, 0) is 0 Å². The number of pyridine rings is 1. The van der Waals surface area contributed by atoms with E-state index in [9.17, 15) is 29.3 Å². The average Bonchev–Trinajstić information content (AvgIpc) is 3.34. The summed E-state index contributed by atoms with van der Waals surface area (Å²) in [4.78, 5) is 16.3. The number of anilines is 2. The van der Waals surface area contributed by atoms with Crippen LogP contribution in [0.15, 0.2) is 41.6 Å². The molecule has 7 nitrogen and oxygen atoms in total. The molecule has 3 heterocycles. The topological polar surface area (TPSA) is 94.1 Å². The summed E-state index contributed by atoms with van der Waals surface area (Å²) in [6, 6.07) is 4.43. The SMILES string of the molecule is O=C(Nc1cc2cn[nH]c2cc1N1CCCCC1C1CCC(CO)CC1)c1ncccc1S(F)(F)(F)(F)F. The van der Waals surface area contributed by atoms with E-state index >= 15 is 0 Å². The average molecular weight is 560 g/mol. The van der Waals surface area contributed by atoms with E-state index in [2.05, 4.69) is 25.4 Å². The molecule has 2 fully saturated rings. The number of amides is 1. The number of benzene rings is 1. The number of nitrogens with zero attached hydrogens (tertiary/aromatic N) is 3. The first-order chi connectivity index (χ1) is 17.8. The summed E-state index contributed by atoms with van der Waals surface area (Å²) in [6.45, 7) is 0.843. The number of carbonyl (C=O) groups is 1. The molecule has 5 rings (SSSR count). The monoisotopic (exact) mass is 559 g/mol. The van der Waals surface area contributed by atoms with Crippen LogP contribution in [0.4, 0.5) is 30.8 Å². The van der Waals surface area contributed by atoms with E-state index in [0.29, 0.717) is 35.0 Å². The summed E-state index contributed by atoms with van der Waals surface area (Å²) in [5.74, 6) is -0.717. The van der Waals surface area contributed by atoms with Gasteiger partial charge < -0.3 is 15.3 Å². The molecule has 0 radical (unpaired) electrons. The maximum absolute atomic E-state index is 13.7. The highest BCUT2D eigenvalue weighted by Crippen LogP contribution is 3.02. The van der Waals surface area contributed by atoms with Gasteiger partial charge in [0.25, 0.3) is 5.91 Å². The van der Waals surface area contributed by atoms with Gasteiger partial charge in [0.15, 0.2) is 5.69 Å². The molecule has 0 bridgehead atoms. The van der Waals surface area contributed by atoms with Crippen molar-refractivity contribution in [2.75, 3.05) is 23.4 Å². The molecule has 1 unspecified atom stereocenters. The van der Waals surface area contributed by atoms with Crippen LogP contribution in [0.1, 0.15) is 55.4 Å². The van der Waals surface area contributed by atoms with E-state index in [4.69, 9.17) is 0 Å². The lowest BCUT2D eigenvalue weighted by atomic mass is 9.76. The maximum atomic E-state index is 13.7. The molecule has 1 aromatic carbocycles. The molecule has 2 aromatic heterocycles. The predicted octanol–water partition coefficient (Wildman–Crippen LogP) is 7.03. The fraction of sp³-hybridized carbons (Fsp3) is 0.480. The number of aromatic amines is 1. The van der Waals surface area contributed by atoms with Gasteiger partial charge in [0, 0.05) is 30.8 Å². The summed E-state index contributed by atoms with van der Waals surface area (Å²) in [5, 5.41) is 19.5. The summed E-state index contributed by atoms with van der Waals surface area (Å²) in [6.07, 6.45) is 8.96. The second kappa shape index (κ2) is 9.08. The van der Waals surface area contributed by atoms with Gasteiger partial charge in [-0.25, -0.2) is 4.98 Å². The summed E-state index contributed by atoms with van der Waals surface area (Å²) >= 11 is 0. The van der Waals surface area contributed by atoms with Crippen LogP contribution >= 0.6 is 10.2 Å². The van der Waals surface area contributed by atoms with Crippen molar-refractivity contribution in [3.63, 3.8) is 0 Å². The second-order valence-electron chi connectivity index (χ2n) is 10.3. The molecule has 2 aliphatic rings. The number of hydrogen-bond acceptors (Lipinski definition) is 5. The predicted molar refractivity (Wildman–Crippen MR) is 137 cm³/mol. The van der Waals surface area contributed by atoms with Gasteiger partial charge in [-0.05, 0) is 81.0 Å². The normalized spacial score (nSPS) is 24.6. The van der Waals surface area contributed by atoms with Crippen LogP contribution in [0.2, 0.25) is 0 Å². The highest BCUT2D eigenvalue weighted by molar-refractivity contribution is 8.45. The number of piperidine rings is 1. The van der Waals surface area contributed by atoms with E-state index < -0.39 is 26.7 Å². The molecule has 1 saturated heterocycles. The molecule has 3 aromatic rings. The van der Waals surface area contributed by atoms with Gasteiger partial charge in [0.1, 0.15) is 4.90 Å². The van der Waals surface area contributed by atoms with Crippen molar-refractivity contribution in [1.82, 2.24) is 15.2 Å².